The first-order chi connectivity index (χ1) is 24.1. The van der Waals surface area contributed by atoms with E-state index in [1.807, 2.05) is 11.8 Å². The standard InChI is InChI=1S/C35H48F2N6O6S/c36-25-10-23-17-43(18-24(23)11-26(25)37)30(45)16-39-34-12-21-9-22(13-34)15-35(14-21,20-34)42-33(47)49-8-7-48-6-5-38-29(44)4-2-1-3-28-31-27(19-50-28)40-32(46)41-31/h10-11,21-22,27-28,31,39H,1-9,12-20H2,(H,38,44)(H,42,47)(H2,40,41,46). The van der Waals surface area contributed by atoms with E-state index in [0.717, 1.165) is 63.5 Å². The minimum Gasteiger partial charge on any atom is -0.447 e. The average Bonchev–Trinajstić information content (AvgIpc) is 3.75. The predicted octanol–water partition coefficient (Wildman–Crippen LogP) is 3.07. The summed E-state index contributed by atoms with van der Waals surface area (Å²) in [5.74, 6) is -0.0791. The molecule has 0 radical (unpaired) electrons. The van der Waals surface area contributed by atoms with Crippen molar-refractivity contribution in [3.8, 4) is 0 Å². The highest BCUT2D eigenvalue weighted by Gasteiger charge is 2.58. The molecule has 5 N–H and O–H groups in total. The molecule has 8 rings (SSSR count). The number of hydrogen-bond donors (Lipinski definition) is 5. The van der Waals surface area contributed by atoms with Gasteiger partial charge in [-0.25, -0.2) is 18.4 Å². The fourth-order valence-corrected chi connectivity index (χ4v) is 11.3. The number of fused-ring (bicyclic) bond motifs is 2. The van der Waals surface area contributed by atoms with Gasteiger partial charge in [0.1, 0.15) is 6.61 Å². The Morgan fingerprint density at radius 3 is 2.42 bits per heavy atom. The molecular weight excluding hydrogens is 670 g/mol. The van der Waals surface area contributed by atoms with Crippen LogP contribution >= 0.6 is 11.8 Å². The second-order valence-electron chi connectivity index (χ2n) is 15.3. The molecule has 15 heteroatoms. The minimum absolute atomic E-state index is 0.0146. The molecule has 4 aliphatic carbocycles. The van der Waals surface area contributed by atoms with E-state index < -0.39 is 17.7 Å². The number of benzene rings is 1. The van der Waals surface area contributed by atoms with Crippen LogP contribution in [0.4, 0.5) is 18.4 Å². The third-order valence-corrected chi connectivity index (χ3v) is 13.0. The van der Waals surface area contributed by atoms with Gasteiger partial charge in [-0.1, -0.05) is 6.42 Å². The number of urea groups is 1. The molecule has 7 aliphatic rings. The first kappa shape index (κ1) is 35.2. The maximum atomic E-state index is 13.7. The zero-order valence-electron chi connectivity index (χ0n) is 28.3. The van der Waals surface area contributed by atoms with Crippen molar-refractivity contribution in [2.45, 2.75) is 106 Å². The molecule has 12 nitrogen and oxygen atoms in total. The number of rotatable bonds is 15. The number of hydrogen-bond acceptors (Lipinski definition) is 8. The molecule has 2 saturated heterocycles. The molecule has 274 valence electrons. The lowest BCUT2D eigenvalue weighted by Crippen LogP contribution is -2.69. The van der Waals surface area contributed by atoms with E-state index in [-0.39, 0.29) is 73.9 Å². The Bertz CT molecular complexity index is 1440. The van der Waals surface area contributed by atoms with Gasteiger partial charge in [-0.2, -0.15) is 11.8 Å². The van der Waals surface area contributed by atoms with Crippen molar-refractivity contribution in [3.05, 3.63) is 34.9 Å². The van der Waals surface area contributed by atoms with Crippen LogP contribution in [0.15, 0.2) is 12.1 Å². The Balaban J connectivity index is 0.760. The summed E-state index contributed by atoms with van der Waals surface area (Å²) in [5.41, 5.74) is 0.641. The van der Waals surface area contributed by atoms with Crippen LogP contribution in [-0.4, -0.2) is 95.9 Å². The summed E-state index contributed by atoms with van der Waals surface area (Å²) in [6.07, 6.45) is 8.22. The third kappa shape index (κ3) is 7.99. The zero-order valence-corrected chi connectivity index (χ0v) is 29.1. The Labute approximate surface area is 295 Å². The van der Waals surface area contributed by atoms with Gasteiger partial charge in [0.2, 0.25) is 11.8 Å². The lowest BCUT2D eigenvalue weighted by molar-refractivity contribution is -0.132. The average molecular weight is 719 g/mol. The first-order valence-corrected chi connectivity index (χ1v) is 19.1. The molecule has 4 saturated carbocycles. The highest BCUT2D eigenvalue weighted by atomic mass is 32.2. The largest absolute Gasteiger partial charge is 0.447 e. The summed E-state index contributed by atoms with van der Waals surface area (Å²) in [5, 5.41) is 16.0. The van der Waals surface area contributed by atoms with Gasteiger partial charge in [-0.05, 0) is 86.5 Å². The second-order valence-corrected chi connectivity index (χ2v) is 16.5. The first-order valence-electron chi connectivity index (χ1n) is 18.1. The van der Waals surface area contributed by atoms with Crippen molar-refractivity contribution >= 4 is 35.7 Å². The zero-order chi connectivity index (χ0) is 34.9. The van der Waals surface area contributed by atoms with Gasteiger partial charge in [0, 0.05) is 48.1 Å². The maximum absolute atomic E-state index is 13.7. The van der Waals surface area contributed by atoms with E-state index in [4.69, 9.17) is 9.47 Å². The van der Waals surface area contributed by atoms with Crippen LogP contribution in [0, 0.1) is 23.5 Å². The Hall–Kier alpha value is -3.17. The number of amides is 5. The van der Waals surface area contributed by atoms with Crippen LogP contribution < -0.4 is 26.6 Å². The molecule has 0 spiro atoms. The van der Waals surface area contributed by atoms with E-state index in [0.29, 0.717) is 47.8 Å². The number of ether oxygens (including phenoxy) is 2. The molecule has 6 fully saturated rings. The lowest BCUT2D eigenvalue weighted by atomic mass is 9.50. The van der Waals surface area contributed by atoms with Crippen molar-refractivity contribution in [3.63, 3.8) is 0 Å². The Morgan fingerprint density at radius 1 is 0.960 bits per heavy atom. The molecule has 50 heavy (non-hydrogen) atoms. The molecule has 3 heterocycles. The topological polar surface area (TPSA) is 150 Å². The molecule has 0 aromatic heterocycles. The highest BCUT2D eigenvalue weighted by Crippen LogP contribution is 2.57. The van der Waals surface area contributed by atoms with Gasteiger partial charge in [-0.15, -0.1) is 0 Å². The fraction of sp³-hybridized carbons (Fsp3) is 0.714. The molecule has 3 aliphatic heterocycles. The highest BCUT2D eigenvalue weighted by molar-refractivity contribution is 8.00. The van der Waals surface area contributed by atoms with Crippen molar-refractivity contribution in [2.75, 3.05) is 38.7 Å². The van der Waals surface area contributed by atoms with Crippen LogP contribution in [0.2, 0.25) is 0 Å². The molecular formula is C35H48F2N6O6S. The number of nitrogens with zero attached hydrogens (tertiary/aromatic N) is 1. The van der Waals surface area contributed by atoms with Crippen LogP contribution in [0.5, 0.6) is 0 Å². The van der Waals surface area contributed by atoms with E-state index in [1.165, 1.54) is 12.1 Å². The quantitative estimate of drug-likeness (QED) is 0.137. The molecule has 5 amide bonds. The van der Waals surface area contributed by atoms with Crippen molar-refractivity contribution in [1.82, 2.24) is 31.5 Å². The molecule has 5 atom stereocenters. The summed E-state index contributed by atoms with van der Waals surface area (Å²) in [4.78, 5) is 51.4. The van der Waals surface area contributed by atoms with Crippen LogP contribution in [0.25, 0.3) is 0 Å². The van der Waals surface area contributed by atoms with E-state index >= 15 is 0 Å². The summed E-state index contributed by atoms with van der Waals surface area (Å²) >= 11 is 1.88. The monoisotopic (exact) mass is 718 g/mol. The second kappa shape index (κ2) is 14.8. The Morgan fingerprint density at radius 2 is 1.68 bits per heavy atom. The van der Waals surface area contributed by atoms with Gasteiger partial charge < -0.3 is 41.0 Å². The summed E-state index contributed by atoms with van der Waals surface area (Å²) < 4.78 is 38.4. The number of alkyl carbamates (subject to hydrolysis) is 1. The van der Waals surface area contributed by atoms with Crippen LogP contribution in [0.3, 0.4) is 0 Å². The number of halogens is 2. The summed E-state index contributed by atoms with van der Waals surface area (Å²) in [7, 11) is 0. The summed E-state index contributed by atoms with van der Waals surface area (Å²) in [6, 6.07) is 2.68. The minimum atomic E-state index is -0.898. The number of nitrogens with one attached hydrogen (secondary N) is 5. The van der Waals surface area contributed by atoms with Gasteiger partial charge in [0.15, 0.2) is 11.6 Å². The predicted molar refractivity (Wildman–Crippen MR) is 181 cm³/mol. The smallest absolute Gasteiger partial charge is 0.407 e. The molecule has 5 unspecified atom stereocenters. The van der Waals surface area contributed by atoms with E-state index in [1.54, 1.807) is 4.90 Å². The van der Waals surface area contributed by atoms with Crippen molar-refractivity contribution < 1.29 is 37.4 Å². The van der Waals surface area contributed by atoms with Gasteiger partial charge >= 0.3 is 12.1 Å². The lowest BCUT2D eigenvalue weighted by Gasteiger charge is -2.62. The van der Waals surface area contributed by atoms with Crippen LogP contribution in [-0.2, 0) is 32.2 Å². The number of carbonyl (C=O) groups excluding carboxylic acids is 4. The van der Waals surface area contributed by atoms with Crippen molar-refractivity contribution in [2.24, 2.45) is 11.8 Å². The van der Waals surface area contributed by atoms with Crippen molar-refractivity contribution in [1.29, 1.82) is 0 Å². The van der Waals surface area contributed by atoms with Gasteiger partial charge in [0.05, 0.1) is 31.8 Å². The molecule has 4 bridgehead atoms. The molecule has 1 aromatic carbocycles. The van der Waals surface area contributed by atoms with Gasteiger partial charge in [-0.3, -0.25) is 9.59 Å². The number of carbonyl (C=O) groups is 4. The Kier molecular flexibility index (Phi) is 10.4. The number of unbranched alkanes of at least 4 members (excludes halogenated alkanes) is 1. The SMILES string of the molecule is O=C(CCCCC1SCC2NC(=O)NC21)NCCOCCOC(=O)NC12CC3CC(CC(NCC(=O)N4Cc5cc(F)c(F)cc5C4)(C3)C1)C2. The van der Waals surface area contributed by atoms with Crippen LogP contribution in [0.1, 0.15) is 75.3 Å². The maximum Gasteiger partial charge on any atom is 0.407 e. The normalized spacial score (nSPS) is 31.6. The number of thioether (sulfide) groups is 1. The summed E-state index contributed by atoms with van der Waals surface area (Å²) in [6.45, 7) is 1.70. The third-order valence-electron chi connectivity index (χ3n) is 11.5. The molecule has 1 aromatic rings. The fourth-order valence-electron chi connectivity index (χ4n) is 9.73. The van der Waals surface area contributed by atoms with Gasteiger partial charge in [0.25, 0.3) is 0 Å². The van der Waals surface area contributed by atoms with E-state index in [2.05, 4.69) is 26.6 Å². The van der Waals surface area contributed by atoms with E-state index in [9.17, 15) is 28.0 Å².